The largest absolute Gasteiger partial charge is 0.373 e. The zero-order valence-corrected chi connectivity index (χ0v) is 12.0. The van der Waals surface area contributed by atoms with Crippen molar-refractivity contribution in [1.29, 1.82) is 0 Å². The van der Waals surface area contributed by atoms with Crippen LogP contribution < -0.4 is 10.2 Å². The maximum Gasteiger partial charge on any atom is 0.256 e. The normalized spacial score (nSPS) is 17.9. The molecule has 1 aliphatic heterocycles. The highest BCUT2D eigenvalue weighted by molar-refractivity contribution is 6.23. The number of anilines is 2. The zero-order chi connectivity index (χ0) is 15.7. The molecule has 1 heterocycles. The molecule has 0 aliphatic carbocycles. The van der Waals surface area contributed by atoms with Gasteiger partial charge in [0.25, 0.3) is 5.91 Å². The quantitative estimate of drug-likeness (QED) is 0.886. The lowest BCUT2D eigenvalue weighted by Crippen LogP contribution is -2.34. The summed E-state index contributed by atoms with van der Waals surface area (Å²) in [6.45, 7) is 1.97. The lowest BCUT2D eigenvalue weighted by Gasteiger charge is -2.16. The van der Waals surface area contributed by atoms with E-state index in [1.54, 1.807) is 6.07 Å². The van der Waals surface area contributed by atoms with Gasteiger partial charge in [0.05, 0.1) is 12.1 Å². The van der Waals surface area contributed by atoms with Crippen molar-refractivity contribution >= 4 is 23.2 Å². The van der Waals surface area contributed by atoms with Gasteiger partial charge >= 0.3 is 0 Å². The maximum absolute atomic E-state index is 13.3. The number of nitrogens with zero attached hydrogens (tertiary/aromatic N) is 1. The number of carbonyl (C=O) groups is 2. The molecule has 4 nitrogen and oxygen atoms in total. The predicted molar refractivity (Wildman–Crippen MR) is 82.1 cm³/mol. The molecule has 2 aromatic carbocycles. The van der Waals surface area contributed by atoms with Crippen LogP contribution in [-0.4, -0.2) is 17.9 Å². The fraction of sp³-hybridized carbons (Fsp3) is 0.176. The summed E-state index contributed by atoms with van der Waals surface area (Å²) >= 11 is 0. The second kappa shape index (κ2) is 5.60. The van der Waals surface area contributed by atoms with Gasteiger partial charge in [-0.05, 0) is 37.3 Å². The molecular formula is C17H15FN2O2. The molecule has 1 saturated heterocycles. The van der Waals surface area contributed by atoms with E-state index >= 15 is 0 Å². The topological polar surface area (TPSA) is 49.4 Å². The Balaban J connectivity index is 1.81. The second-order valence-corrected chi connectivity index (χ2v) is 5.31. The highest BCUT2D eigenvalue weighted by Crippen LogP contribution is 2.25. The Kier molecular flexibility index (Phi) is 3.63. The van der Waals surface area contributed by atoms with E-state index in [-0.39, 0.29) is 23.9 Å². The van der Waals surface area contributed by atoms with Crippen molar-refractivity contribution in [3.05, 3.63) is 59.9 Å². The van der Waals surface area contributed by atoms with Crippen LogP contribution in [0, 0.1) is 12.7 Å². The number of hydrogen-bond acceptors (Lipinski definition) is 3. The number of amides is 2. The number of nitrogens with one attached hydrogen (secondary N) is 1. The first kappa shape index (κ1) is 14.3. The monoisotopic (exact) mass is 298 g/mol. The molecule has 0 spiro atoms. The van der Waals surface area contributed by atoms with Crippen molar-refractivity contribution in [2.45, 2.75) is 19.4 Å². The smallest absolute Gasteiger partial charge is 0.256 e. The molecule has 1 fully saturated rings. The molecule has 1 atom stereocenters. The molecule has 0 saturated carbocycles. The molecule has 5 heteroatoms. The van der Waals surface area contributed by atoms with Crippen molar-refractivity contribution in [2.75, 3.05) is 10.2 Å². The summed E-state index contributed by atoms with van der Waals surface area (Å²) in [6, 6.07) is 12.4. The van der Waals surface area contributed by atoms with Gasteiger partial charge in [-0.3, -0.25) is 9.59 Å². The number of rotatable bonds is 3. The van der Waals surface area contributed by atoms with Crippen molar-refractivity contribution in [3.63, 3.8) is 0 Å². The van der Waals surface area contributed by atoms with E-state index in [1.165, 1.54) is 18.2 Å². The minimum Gasteiger partial charge on any atom is -0.373 e. The van der Waals surface area contributed by atoms with Crippen LogP contribution in [0.3, 0.4) is 0 Å². The molecule has 22 heavy (non-hydrogen) atoms. The van der Waals surface area contributed by atoms with Gasteiger partial charge in [-0.25, -0.2) is 9.29 Å². The van der Waals surface area contributed by atoms with Crippen LogP contribution in [0.25, 0.3) is 0 Å². The number of carbonyl (C=O) groups excluding carboxylic acids is 2. The number of imide groups is 1. The SMILES string of the molecule is Cc1ccc(NC2CC(=O)N(c3cccc(F)c3)C2=O)cc1. The van der Waals surface area contributed by atoms with E-state index in [0.717, 1.165) is 16.2 Å². The van der Waals surface area contributed by atoms with Gasteiger partial charge in [-0.1, -0.05) is 23.8 Å². The fourth-order valence-corrected chi connectivity index (χ4v) is 2.48. The summed E-state index contributed by atoms with van der Waals surface area (Å²) in [7, 11) is 0. The van der Waals surface area contributed by atoms with Crippen LogP contribution in [0.15, 0.2) is 48.5 Å². The standard InChI is InChI=1S/C17H15FN2O2/c1-11-5-7-13(8-6-11)19-15-10-16(21)20(17(15)22)14-4-2-3-12(18)9-14/h2-9,15,19H,10H2,1H3. The molecule has 2 amide bonds. The predicted octanol–water partition coefficient (Wildman–Crippen LogP) is 2.88. The summed E-state index contributed by atoms with van der Waals surface area (Å²) in [5.74, 6) is -1.18. The highest BCUT2D eigenvalue weighted by Gasteiger charge is 2.39. The van der Waals surface area contributed by atoms with E-state index < -0.39 is 11.9 Å². The third-order valence-electron chi connectivity index (χ3n) is 3.61. The Labute approximate surface area is 127 Å². The van der Waals surface area contributed by atoms with E-state index in [4.69, 9.17) is 0 Å². The van der Waals surface area contributed by atoms with Crippen LogP contribution >= 0.6 is 0 Å². The first-order valence-corrected chi connectivity index (χ1v) is 7.00. The van der Waals surface area contributed by atoms with Crippen LogP contribution in [0.5, 0.6) is 0 Å². The summed E-state index contributed by atoms with van der Waals surface area (Å²) < 4.78 is 13.3. The third kappa shape index (κ3) is 2.70. The first-order valence-electron chi connectivity index (χ1n) is 7.00. The van der Waals surface area contributed by atoms with Gasteiger partial charge in [0.1, 0.15) is 11.9 Å². The van der Waals surface area contributed by atoms with Crippen LogP contribution in [0.4, 0.5) is 15.8 Å². The molecule has 0 radical (unpaired) electrons. The Morgan fingerprint density at radius 1 is 1.14 bits per heavy atom. The van der Waals surface area contributed by atoms with Crippen molar-refractivity contribution in [3.8, 4) is 0 Å². The summed E-state index contributed by atoms with van der Waals surface area (Å²) in [5, 5.41) is 3.06. The second-order valence-electron chi connectivity index (χ2n) is 5.31. The van der Waals surface area contributed by atoms with E-state index in [9.17, 15) is 14.0 Å². The number of aryl methyl sites for hydroxylation is 1. The highest BCUT2D eigenvalue weighted by atomic mass is 19.1. The fourth-order valence-electron chi connectivity index (χ4n) is 2.48. The molecule has 1 aliphatic rings. The van der Waals surface area contributed by atoms with Crippen LogP contribution in [0.1, 0.15) is 12.0 Å². The average molecular weight is 298 g/mol. The zero-order valence-electron chi connectivity index (χ0n) is 12.0. The molecule has 0 bridgehead atoms. The lowest BCUT2D eigenvalue weighted by molar-refractivity contribution is -0.121. The molecule has 112 valence electrons. The van der Waals surface area contributed by atoms with Crippen LogP contribution in [-0.2, 0) is 9.59 Å². The summed E-state index contributed by atoms with van der Waals surface area (Å²) in [5.41, 5.74) is 2.15. The van der Waals surface area contributed by atoms with E-state index in [0.29, 0.717) is 0 Å². The first-order chi connectivity index (χ1) is 10.5. The van der Waals surface area contributed by atoms with Crippen LogP contribution in [0.2, 0.25) is 0 Å². The average Bonchev–Trinajstić information content (AvgIpc) is 2.76. The Hall–Kier alpha value is -2.69. The van der Waals surface area contributed by atoms with Gasteiger partial charge in [-0.15, -0.1) is 0 Å². The Morgan fingerprint density at radius 2 is 1.86 bits per heavy atom. The minimum absolute atomic E-state index is 0.0588. The molecule has 2 aromatic rings. The van der Waals surface area contributed by atoms with E-state index in [1.807, 2.05) is 31.2 Å². The van der Waals surface area contributed by atoms with Gasteiger partial charge < -0.3 is 5.32 Å². The Bertz CT molecular complexity index is 728. The maximum atomic E-state index is 13.3. The Morgan fingerprint density at radius 3 is 2.55 bits per heavy atom. The van der Waals surface area contributed by atoms with Crippen molar-refractivity contribution in [2.24, 2.45) is 0 Å². The molecule has 0 aromatic heterocycles. The third-order valence-corrected chi connectivity index (χ3v) is 3.61. The molecular weight excluding hydrogens is 283 g/mol. The van der Waals surface area contributed by atoms with E-state index in [2.05, 4.69) is 5.32 Å². The van der Waals surface area contributed by atoms with Gasteiger partial charge in [0.2, 0.25) is 5.91 Å². The molecule has 1 N–H and O–H groups in total. The van der Waals surface area contributed by atoms with Gasteiger partial charge in [-0.2, -0.15) is 0 Å². The summed E-state index contributed by atoms with van der Waals surface area (Å²) in [6.07, 6.45) is 0.0588. The number of hydrogen-bond donors (Lipinski definition) is 1. The lowest BCUT2D eigenvalue weighted by atomic mass is 10.2. The van der Waals surface area contributed by atoms with Crippen molar-refractivity contribution < 1.29 is 14.0 Å². The van der Waals surface area contributed by atoms with Gasteiger partial charge in [0, 0.05) is 5.69 Å². The van der Waals surface area contributed by atoms with Crippen molar-refractivity contribution in [1.82, 2.24) is 0 Å². The minimum atomic E-state index is -0.626. The number of halogens is 1. The molecule has 3 rings (SSSR count). The van der Waals surface area contributed by atoms with Gasteiger partial charge in [0.15, 0.2) is 0 Å². The molecule has 1 unspecified atom stereocenters. The number of benzene rings is 2. The summed E-state index contributed by atoms with van der Waals surface area (Å²) in [4.78, 5) is 25.5.